The Hall–Kier alpha value is -1.28. The first kappa shape index (κ1) is 14.1. The van der Waals surface area contributed by atoms with E-state index in [0.717, 1.165) is 12.8 Å². The molecule has 1 atom stereocenters. The number of aromatic amines is 1. The number of rotatable bonds is 7. The van der Waals surface area contributed by atoms with Gasteiger partial charge in [0.1, 0.15) is 6.04 Å². The van der Waals surface area contributed by atoms with Gasteiger partial charge in [0.25, 0.3) is 0 Å². The van der Waals surface area contributed by atoms with E-state index in [1.165, 1.54) is 18.9 Å². The number of aromatic nitrogens is 3. The van der Waals surface area contributed by atoms with Crippen molar-refractivity contribution in [2.45, 2.75) is 36.5 Å². The van der Waals surface area contributed by atoms with Gasteiger partial charge in [-0.1, -0.05) is 11.8 Å². The van der Waals surface area contributed by atoms with Crippen LogP contribution < -0.4 is 11.0 Å². The molecule has 1 saturated carbocycles. The van der Waals surface area contributed by atoms with Crippen LogP contribution in [0.25, 0.3) is 0 Å². The van der Waals surface area contributed by atoms with Crippen LogP contribution in [0.1, 0.15) is 25.3 Å². The Labute approximate surface area is 115 Å². The standard InChI is InChI=1S/C11H18N4O3S/c1-12-8(9(16)18-2)5-6-19-11-14-13-10(17)15(11)7-3-4-7/h7-8,12H,3-6H2,1-2H3,(H,13,17). The van der Waals surface area contributed by atoms with E-state index >= 15 is 0 Å². The molecule has 1 unspecified atom stereocenters. The molecule has 1 aromatic heterocycles. The van der Waals surface area contributed by atoms with Gasteiger partial charge in [-0.05, 0) is 26.3 Å². The Morgan fingerprint density at radius 3 is 3.00 bits per heavy atom. The molecule has 0 spiro atoms. The van der Waals surface area contributed by atoms with Crippen molar-refractivity contribution in [3.8, 4) is 0 Å². The minimum absolute atomic E-state index is 0.150. The van der Waals surface area contributed by atoms with Gasteiger partial charge in [0.05, 0.1) is 7.11 Å². The van der Waals surface area contributed by atoms with Crippen molar-refractivity contribution >= 4 is 17.7 Å². The number of thioether (sulfide) groups is 1. The maximum absolute atomic E-state index is 11.6. The maximum Gasteiger partial charge on any atom is 0.344 e. The molecule has 7 nitrogen and oxygen atoms in total. The molecule has 2 N–H and O–H groups in total. The van der Waals surface area contributed by atoms with E-state index in [-0.39, 0.29) is 17.7 Å². The second-order valence-corrected chi connectivity index (χ2v) is 5.48. The molecular formula is C11H18N4O3S. The molecule has 1 heterocycles. The number of hydrogen-bond acceptors (Lipinski definition) is 6. The number of nitrogens with zero attached hydrogens (tertiary/aromatic N) is 2. The Morgan fingerprint density at radius 2 is 2.42 bits per heavy atom. The SMILES string of the molecule is CNC(CCSc1n[nH]c(=O)n1C1CC1)C(=O)OC. The van der Waals surface area contributed by atoms with Crippen molar-refractivity contribution in [3.05, 3.63) is 10.5 Å². The van der Waals surface area contributed by atoms with Gasteiger partial charge in [-0.15, -0.1) is 5.10 Å². The lowest BCUT2D eigenvalue weighted by molar-refractivity contribution is -0.143. The molecule has 0 bridgehead atoms. The van der Waals surface area contributed by atoms with Gasteiger partial charge in [-0.2, -0.15) is 0 Å². The molecule has 2 rings (SSSR count). The molecule has 1 aromatic rings. The third kappa shape index (κ3) is 3.38. The quantitative estimate of drug-likeness (QED) is 0.548. The molecule has 0 saturated heterocycles. The summed E-state index contributed by atoms with van der Waals surface area (Å²) in [5.41, 5.74) is -0.150. The van der Waals surface area contributed by atoms with Crippen LogP contribution >= 0.6 is 11.8 Å². The highest BCUT2D eigenvalue weighted by molar-refractivity contribution is 7.99. The van der Waals surface area contributed by atoms with Crippen LogP contribution in [0, 0.1) is 0 Å². The van der Waals surface area contributed by atoms with Crippen LogP contribution in [0.4, 0.5) is 0 Å². The normalized spacial score (nSPS) is 16.3. The molecule has 106 valence electrons. The molecule has 0 aliphatic heterocycles. The first-order valence-electron chi connectivity index (χ1n) is 6.22. The number of methoxy groups -OCH3 is 1. The second kappa shape index (κ2) is 6.25. The fourth-order valence-corrected chi connectivity index (χ4v) is 2.85. The van der Waals surface area contributed by atoms with Crippen molar-refractivity contribution in [2.75, 3.05) is 19.9 Å². The van der Waals surface area contributed by atoms with Crippen LogP contribution in [0.2, 0.25) is 0 Å². The van der Waals surface area contributed by atoms with E-state index in [1.54, 1.807) is 11.6 Å². The average molecular weight is 286 g/mol. The van der Waals surface area contributed by atoms with E-state index in [0.29, 0.717) is 23.4 Å². The predicted molar refractivity (Wildman–Crippen MR) is 71.3 cm³/mol. The third-order valence-electron chi connectivity index (χ3n) is 3.06. The summed E-state index contributed by atoms with van der Waals surface area (Å²) in [5.74, 6) is 0.419. The average Bonchev–Trinajstić information content (AvgIpc) is 3.18. The van der Waals surface area contributed by atoms with Gasteiger partial charge in [-0.3, -0.25) is 9.36 Å². The zero-order valence-electron chi connectivity index (χ0n) is 11.0. The van der Waals surface area contributed by atoms with E-state index in [9.17, 15) is 9.59 Å². The van der Waals surface area contributed by atoms with Crippen molar-refractivity contribution in [3.63, 3.8) is 0 Å². The van der Waals surface area contributed by atoms with Crippen molar-refractivity contribution in [1.29, 1.82) is 0 Å². The molecule has 0 radical (unpaired) electrons. The number of carbonyl (C=O) groups is 1. The molecule has 0 aromatic carbocycles. The Kier molecular flexibility index (Phi) is 4.65. The Morgan fingerprint density at radius 1 is 1.68 bits per heavy atom. The van der Waals surface area contributed by atoms with Crippen LogP contribution in [0.3, 0.4) is 0 Å². The lowest BCUT2D eigenvalue weighted by Crippen LogP contribution is -2.35. The van der Waals surface area contributed by atoms with Crippen LogP contribution in [0.15, 0.2) is 9.95 Å². The lowest BCUT2D eigenvalue weighted by Gasteiger charge is -2.12. The summed E-state index contributed by atoms with van der Waals surface area (Å²) in [6.07, 6.45) is 2.70. The highest BCUT2D eigenvalue weighted by atomic mass is 32.2. The van der Waals surface area contributed by atoms with Gasteiger partial charge < -0.3 is 10.1 Å². The largest absolute Gasteiger partial charge is 0.468 e. The minimum Gasteiger partial charge on any atom is -0.468 e. The number of likely N-dealkylation sites (N-methyl/N-ethyl adjacent to an activating group) is 1. The van der Waals surface area contributed by atoms with Gasteiger partial charge in [0.2, 0.25) is 0 Å². The summed E-state index contributed by atoms with van der Waals surface area (Å²) in [7, 11) is 3.10. The summed E-state index contributed by atoms with van der Waals surface area (Å²) >= 11 is 1.48. The molecule has 8 heteroatoms. The zero-order chi connectivity index (χ0) is 13.8. The summed E-state index contributed by atoms with van der Waals surface area (Å²) in [6.45, 7) is 0. The Bertz CT molecular complexity index is 494. The predicted octanol–water partition coefficient (Wildman–Crippen LogP) is 0.150. The highest BCUT2D eigenvalue weighted by Crippen LogP contribution is 2.36. The third-order valence-corrected chi connectivity index (χ3v) is 4.04. The minimum atomic E-state index is -0.322. The summed E-state index contributed by atoms with van der Waals surface area (Å²) in [5, 5.41) is 10.1. The van der Waals surface area contributed by atoms with Crippen molar-refractivity contribution in [2.24, 2.45) is 0 Å². The summed E-state index contributed by atoms with van der Waals surface area (Å²) in [4.78, 5) is 23.0. The number of nitrogens with one attached hydrogen (secondary N) is 2. The van der Waals surface area contributed by atoms with E-state index in [4.69, 9.17) is 4.74 Å². The van der Waals surface area contributed by atoms with E-state index in [2.05, 4.69) is 15.5 Å². The highest BCUT2D eigenvalue weighted by Gasteiger charge is 2.28. The fourth-order valence-electron chi connectivity index (χ4n) is 1.84. The molecule has 19 heavy (non-hydrogen) atoms. The monoisotopic (exact) mass is 286 g/mol. The van der Waals surface area contributed by atoms with Crippen LogP contribution in [-0.2, 0) is 9.53 Å². The van der Waals surface area contributed by atoms with Gasteiger partial charge >= 0.3 is 11.7 Å². The van der Waals surface area contributed by atoms with Crippen molar-refractivity contribution in [1.82, 2.24) is 20.1 Å². The van der Waals surface area contributed by atoms with E-state index < -0.39 is 0 Å². The van der Waals surface area contributed by atoms with Crippen LogP contribution in [-0.4, -0.2) is 46.7 Å². The molecule has 1 aliphatic carbocycles. The van der Waals surface area contributed by atoms with Gasteiger partial charge in [0, 0.05) is 11.8 Å². The first-order chi connectivity index (χ1) is 9.17. The Balaban J connectivity index is 1.89. The molecule has 0 amide bonds. The van der Waals surface area contributed by atoms with Crippen molar-refractivity contribution < 1.29 is 9.53 Å². The number of carbonyl (C=O) groups excluding carboxylic acids is 1. The molecule has 1 aliphatic rings. The fraction of sp³-hybridized carbons (Fsp3) is 0.727. The van der Waals surface area contributed by atoms with Gasteiger partial charge in [0.15, 0.2) is 5.16 Å². The maximum atomic E-state index is 11.6. The number of esters is 1. The molecular weight excluding hydrogens is 268 g/mol. The smallest absolute Gasteiger partial charge is 0.344 e. The summed E-state index contributed by atoms with van der Waals surface area (Å²) in [6, 6.07) is -0.0213. The first-order valence-corrected chi connectivity index (χ1v) is 7.20. The topological polar surface area (TPSA) is 89.0 Å². The number of hydrogen-bond donors (Lipinski definition) is 2. The second-order valence-electron chi connectivity index (χ2n) is 4.41. The number of H-pyrrole nitrogens is 1. The summed E-state index contributed by atoms with van der Waals surface area (Å²) < 4.78 is 6.40. The number of ether oxygens (including phenoxy) is 1. The lowest BCUT2D eigenvalue weighted by atomic mass is 10.2. The zero-order valence-corrected chi connectivity index (χ0v) is 11.8. The molecule has 1 fully saturated rings. The van der Waals surface area contributed by atoms with Crippen LogP contribution in [0.5, 0.6) is 0 Å². The van der Waals surface area contributed by atoms with Gasteiger partial charge in [-0.25, -0.2) is 9.89 Å². The van der Waals surface area contributed by atoms with E-state index in [1.807, 2.05) is 0 Å².